The van der Waals surface area contributed by atoms with Crippen LogP contribution in [-0.2, 0) is 4.74 Å². The van der Waals surface area contributed by atoms with E-state index in [4.69, 9.17) is 9.47 Å². The SMILES string of the molecule is CCNC(CC(C)(C)OC)c1ccccc1OC. The standard InChI is InChI=1S/C15H25NO2/c1-6-16-13(11-15(2,3)18-5)12-9-7-8-10-14(12)17-4/h7-10,13,16H,6,11H2,1-5H3. The van der Waals surface area contributed by atoms with Crippen molar-refractivity contribution < 1.29 is 9.47 Å². The molecule has 1 N–H and O–H groups in total. The maximum Gasteiger partial charge on any atom is 0.123 e. The van der Waals surface area contributed by atoms with Gasteiger partial charge in [-0.15, -0.1) is 0 Å². The van der Waals surface area contributed by atoms with Crippen LogP contribution >= 0.6 is 0 Å². The van der Waals surface area contributed by atoms with Crippen LogP contribution in [0.2, 0.25) is 0 Å². The Kier molecular flexibility index (Phi) is 5.63. The Morgan fingerprint density at radius 2 is 1.89 bits per heavy atom. The summed E-state index contributed by atoms with van der Waals surface area (Å²) < 4.78 is 11.0. The number of ether oxygens (including phenoxy) is 2. The van der Waals surface area contributed by atoms with Gasteiger partial charge in [-0.2, -0.15) is 0 Å². The summed E-state index contributed by atoms with van der Waals surface area (Å²) >= 11 is 0. The molecule has 0 aliphatic carbocycles. The molecule has 0 aliphatic heterocycles. The molecule has 0 fully saturated rings. The summed E-state index contributed by atoms with van der Waals surface area (Å²) in [7, 11) is 3.47. The van der Waals surface area contributed by atoms with E-state index in [1.165, 1.54) is 5.56 Å². The fourth-order valence-electron chi connectivity index (χ4n) is 2.07. The Morgan fingerprint density at radius 1 is 1.22 bits per heavy atom. The Balaban J connectivity index is 2.96. The van der Waals surface area contributed by atoms with Gasteiger partial charge in [0.1, 0.15) is 5.75 Å². The maximum atomic E-state index is 5.53. The number of para-hydroxylation sites is 1. The second-order valence-electron chi connectivity index (χ2n) is 5.02. The number of rotatable bonds is 7. The highest BCUT2D eigenvalue weighted by Gasteiger charge is 2.25. The Hall–Kier alpha value is -1.06. The molecule has 0 spiro atoms. The first kappa shape index (κ1) is 15.0. The van der Waals surface area contributed by atoms with Gasteiger partial charge in [-0.25, -0.2) is 0 Å². The summed E-state index contributed by atoms with van der Waals surface area (Å²) in [5, 5.41) is 3.50. The Morgan fingerprint density at radius 3 is 2.44 bits per heavy atom. The van der Waals surface area contributed by atoms with Crippen LogP contribution in [0.4, 0.5) is 0 Å². The lowest BCUT2D eigenvalue weighted by atomic mass is 9.93. The monoisotopic (exact) mass is 251 g/mol. The van der Waals surface area contributed by atoms with Crippen molar-refractivity contribution in [2.45, 2.75) is 38.8 Å². The first-order valence-electron chi connectivity index (χ1n) is 6.45. The van der Waals surface area contributed by atoms with Gasteiger partial charge in [0, 0.05) is 18.7 Å². The van der Waals surface area contributed by atoms with Crippen LogP contribution in [0.5, 0.6) is 5.75 Å². The molecule has 3 nitrogen and oxygen atoms in total. The summed E-state index contributed by atoms with van der Waals surface area (Å²) in [5.41, 5.74) is 1.03. The highest BCUT2D eigenvalue weighted by Crippen LogP contribution is 2.31. The van der Waals surface area contributed by atoms with E-state index in [1.54, 1.807) is 14.2 Å². The van der Waals surface area contributed by atoms with Crippen LogP contribution in [0.25, 0.3) is 0 Å². The smallest absolute Gasteiger partial charge is 0.123 e. The fourth-order valence-corrected chi connectivity index (χ4v) is 2.07. The lowest BCUT2D eigenvalue weighted by molar-refractivity contribution is 0.00681. The zero-order chi connectivity index (χ0) is 13.6. The second kappa shape index (κ2) is 6.76. The average Bonchev–Trinajstić information content (AvgIpc) is 2.38. The van der Waals surface area contributed by atoms with E-state index in [2.05, 4.69) is 32.2 Å². The van der Waals surface area contributed by atoms with Crippen molar-refractivity contribution in [3.8, 4) is 5.75 Å². The van der Waals surface area contributed by atoms with Gasteiger partial charge >= 0.3 is 0 Å². The van der Waals surface area contributed by atoms with E-state index in [0.717, 1.165) is 18.7 Å². The van der Waals surface area contributed by atoms with E-state index in [1.807, 2.05) is 18.2 Å². The number of hydrogen-bond donors (Lipinski definition) is 1. The molecule has 0 aliphatic rings. The maximum absolute atomic E-state index is 5.53. The fraction of sp³-hybridized carbons (Fsp3) is 0.600. The summed E-state index contributed by atoms with van der Waals surface area (Å²) in [6.07, 6.45) is 0.901. The van der Waals surface area contributed by atoms with Gasteiger partial charge < -0.3 is 14.8 Å². The van der Waals surface area contributed by atoms with Crippen molar-refractivity contribution in [2.75, 3.05) is 20.8 Å². The van der Waals surface area contributed by atoms with Crippen LogP contribution in [-0.4, -0.2) is 26.4 Å². The Bertz CT molecular complexity index is 363. The van der Waals surface area contributed by atoms with Gasteiger partial charge in [-0.05, 0) is 32.9 Å². The molecular weight excluding hydrogens is 226 g/mol. The summed E-state index contributed by atoms with van der Waals surface area (Å²) in [5.74, 6) is 0.926. The molecule has 1 aromatic rings. The normalized spacial score (nSPS) is 13.4. The van der Waals surface area contributed by atoms with E-state index < -0.39 is 0 Å². The molecule has 0 bridgehead atoms. The third-order valence-electron chi connectivity index (χ3n) is 3.21. The number of hydrogen-bond acceptors (Lipinski definition) is 3. The molecule has 1 unspecified atom stereocenters. The van der Waals surface area contributed by atoms with E-state index in [0.29, 0.717) is 0 Å². The second-order valence-corrected chi connectivity index (χ2v) is 5.02. The lowest BCUT2D eigenvalue weighted by Gasteiger charge is -2.30. The molecule has 18 heavy (non-hydrogen) atoms. The largest absolute Gasteiger partial charge is 0.496 e. The molecule has 0 saturated carbocycles. The minimum absolute atomic E-state index is 0.159. The van der Waals surface area contributed by atoms with Gasteiger partial charge in [0.05, 0.1) is 12.7 Å². The highest BCUT2D eigenvalue weighted by atomic mass is 16.5. The van der Waals surface area contributed by atoms with Crippen LogP contribution < -0.4 is 10.1 Å². The average molecular weight is 251 g/mol. The first-order chi connectivity index (χ1) is 8.54. The number of methoxy groups -OCH3 is 2. The topological polar surface area (TPSA) is 30.5 Å². The first-order valence-corrected chi connectivity index (χ1v) is 6.45. The van der Waals surface area contributed by atoms with Crippen LogP contribution in [0.3, 0.4) is 0 Å². The molecule has 0 amide bonds. The Labute approximate surface area is 110 Å². The van der Waals surface area contributed by atoms with Gasteiger partial charge in [0.2, 0.25) is 0 Å². The minimum Gasteiger partial charge on any atom is -0.496 e. The van der Waals surface area contributed by atoms with Crippen molar-refractivity contribution in [1.82, 2.24) is 5.32 Å². The molecule has 3 heteroatoms. The summed E-state index contributed by atoms with van der Waals surface area (Å²) in [4.78, 5) is 0. The van der Waals surface area contributed by atoms with E-state index in [9.17, 15) is 0 Å². The third-order valence-corrected chi connectivity index (χ3v) is 3.21. The summed E-state index contributed by atoms with van der Waals surface area (Å²) in [6, 6.07) is 8.38. The quantitative estimate of drug-likeness (QED) is 0.807. The lowest BCUT2D eigenvalue weighted by Crippen LogP contribution is -2.32. The number of benzene rings is 1. The number of nitrogens with one attached hydrogen (secondary N) is 1. The highest BCUT2D eigenvalue weighted by molar-refractivity contribution is 5.36. The van der Waals surface area contributed by atoms with Crippen molar-refractivity contribution in [3.63, 3.8) is 0 Å². The minimum atomic E-state index is -0.159. The molecule has 1 rings (SSSR count). The van der Waals surface area contributed by atoms with Gasteiger partial charge in [0.15, 0.2) is 0 Å². The van der Waals surface area contributed by atoms with Crippen molar-refractivity contribution in [1.29, 1.82) is 0 Å². The van der Waals surface area contributed by atoms with Crippen LogP contribution in [0.15, 0.2) is 24.3 Å². The van der Waals surface area contributed by atoms with Crippen LogP contribution in [0.1, 0.15) is 38.8 Å². The molecule has 102 valence electrons. The van der Waals surface area contributed by atoms with Crippen molar-refractivity contribution in [2.24, 2.45) is 0 Å². The van der Waals surface area contributed by atoms with Crippen molar-refractivity contribution >= 4 is 0 Å². The van der Waals surface area contributed by atoms with E-state index in [-0.39, 0.29) is 11.6 Å². The molecule has 1 atom stereocenters. The van der Waals surface area contributed by atoms with Gasteiger partial charge in [0.25, 0.3) is 0 Å². The van der Waals surface area contributed by atoms with Gasteiger partial charge in [-0.3, -0.25) is 0 Å². The zero-order valence-corrected chi connectivity index (χ0v) is 12.1. The third kappa shape index (κ3) is 4.00. The molecule has 0 heterocycles. The molecular formula is C15H25NO2. The predicted octanol–water partition coefficient (Wildman–Crippen LogP) is 3.16. The molecule has 0 saturated heterocycles. The van der Waals surface area contributed by atoms with Crippen molar-refractivity contribution in [3.05, 3.63) is 29.8 Å². The molecule has 0 radical (unpaired) electrons. The van der Waals surface area contributed by atoms with Gasteiger partial charge in [-0.1, -0.05) is 25.1 Å². The molecule has 1 aromatic carbocycles. The zero-order valence-electron chi connectivity index (χ0n) is 12.1. The summed E-state index contributed by atoms with van der Waals surface area (Å²) in [6.45, 7) is 7.24. The molecule has 0 aromatic heterocycles. The predicted molar refractivity (Wildman–Crippen MR) is 75.1 cm³/mol. The van der Waals surface area contributed by atoms with E-state index >= 15 is 0 Å². The van der Waals surface area contributed by atoms with Crippen LogP contribution in [0, 0.1) is 0 Å².